The Labute approximate surface area is 95.4 Å². The summed E-state index contributed by atoms with van der Waals surface area (Å²) >= 11 is 0. The van der Waals surface area contributed by atoms with Crippen LogP contribution in [0.2, 0.25) is 0 Å². The third kappa shape index (κ3) is 2.23. The normalized spacial score (nSPS) is 10.3. The molecule has 16 heavy (non-hydrogen) atoms. The molecular weight excluding hydrogens is 198 g/mol. The van der Waals surface area contributed by atoms with E-state index in [1.54, 1.807) is 12.1 Å². The summed E-state index contributed by atoms with van der Waals surface area (Å²) in [5.74, 6) is 0.292. The van der Waals surface area contributed by atoms with E-state index in [4.69, 9.17) is 5.73 Å². The number of phenolic OH excluding ortho intramolecular Hbond substituents is 1. The lowest BCUT2D eigenvalue weighted by Gasteiger charge is -2.08. The Morgan fingerprint density at radius 3 is 2.31 bits per heavy atom. The van der Waals surface area contributed by atoms with Crippen LogP contribution in [0.3, 0.4) is 0 Å². The molecule has 2 aromatic rings. The predicted molar refractivity (Wildman–Crippen MR) is 66.3 cm³/mol. The first-order valence-electron chi connectivity index (χ1n) is 5.38. The van der Waals surface area contributed by atoms with Gasteiger partial charge < -0.3 is 10.8 Å². The van der Waals surface area contributed by atoms with Gasteiger partial charge in [0.05, 0.1) is 0 Å². The van der Waals surface area contributed by atoms with Crippen molar-refractivity contribution in [3.63, 3.8) is 0 Å². The van der Waals surface area contributed by atoms with Gasteiger partial charge in [0, 0.05) is 0 Å². The van der Waals surface area contributed by atoms with Gasteiger partial charge >= 0.3 is 0 Å². The predicted octanol–water partition coefficient (Wildman–Crippen LogP) is 2.56. The third-order valence-corrected chi connectivity index (χ3v) is 2.61. The maximum atomic E-state index is 9.26. The number of phenols is 1. The van der Waals surface area contributed by atoms with E-state index in [1.165, 1.54) is 11.1 Å². The van der Waals surface area contributed by atoms with Gasteiger partial charge in [-0.15, -0.1) is 0 Å². The monoisotopic (exact) mass is 213 g/mol. The van der Waals surface area contributed by atoms with E-state index in [9.17, 15) is 5.11 Å². The van der Waals surface area contributed by atoms with Crippen LogP contribution in [0.5, 0.6) is 5.75 Å². The molecule has 3 N–H and O–H groups in total. The maximum absolute atomic E-state index is 9.26. The number of benzene rings is 2. The van der Waals surface area contributed by atoms with E-state index >= 15 is 0 Å². The van der Waals surface area contributed by atoms with Crippen molar-refractivity contribution in [2.24, 2.45) is 5.73 Å². The van der Waals surface area contributed by atoms with E-state index in [1.807, 2.05) is 24.3 Å². The average molecular weight is 213 g/mol. The number of aromatic hydroxyl groups is 1. The Balaban J connectivity index is 2.42. The molecule has 0 amide bonds. The summed E-state index contributed by atoms with van der Waals surface area (Å²) in [5.41, 5.74) is 9.14. The number of nitrogens with two attached hydrogens (primary N) is 1. The van der Waals surface area contributed by atoms with Crippen molar-refractivity contribution >= 4 is 0 Å². The molecule has 0 aromatic heterocycles. The molecule has 2 heteroatoms. The molecule has 0 saturated carbocycles. The second-order valence-electron chi connectivity index (χ2n) is 3.74. The number of rotatable bonds is 3. The minimum atomic E-state index is 0.292. The van der Waals surface area contributed by atoms with E-state index < -0.39 is 0 Å². The van der Waals surface area contributed by atoms with Crippen LogP contribution in [0, 0.1) is 0 Å². The quantitative estimate of drug-likeness (QED) is 0.823. The molecule has 0 aliphatic heterocycles. The summed E-state index contributed by atoms with van der Waals surface area (Å²) in [7, 11) is 0. The Kier molecular flexibility index (Phi) is 3.22. The molecule has 0 aliphatic rings. The highest BCUT2D eigenvalue weighted by Crippen LogP contribution is 2.25. The standard InChI is InChI=1S/C14H15NO/c15-10-9-11-3-1-2-4-14(11)12-5-7-13(16)8-6-12/h1-8,16H,9-10,15H2. The highest BCUT2D eigenvalue weighted by Gasteiger charge is 2.03. The van der Waals surface area contributed by atoms with Crippen LogP contribution in [0.25, 0.3) is 11.1 Å². The molecule has 0 saturated heterocycles. The van der Waals surface area contributed by atoms with Gasteiger partial charge in [0.1, 0.15) is 5.75 Å². The van der Waals surface area contributed by atoms with Crippen molar-refractivity contribution < 1.29 is 5.11 Å². The Morgan fingerprint density at radius 1 is 0.938 bits per heavy atom. The molecule has 82 valence electrons. The van der Waals surface area contributed by atoms with E-state index in [0.29, 0.717) is 12.3 Å². The molecule has 0 aliphatic carbocycles. The first-order chi connectivity index (χ1) is 7.81. The fourth-order valence-electron chi connectivity index (χ4n) is 1.82. The van der Waals surface area contributed by atoms with Gasteiger partial charge in [-0.05, 0) is 41.8 Å². The molecule has 2 nitrogen and oxygen atoms in total. The highest BCUT2D eigenvalue weighted by atomic mass is 16.3. The molecule has 0 heterocycles. The fraction of sp³-hybridized carbons (Fsp3) is 0.143. The molecule has 2 aromatic carbocycles. The highest BCUT2D eigenvalue weighted by molar-refractivity contribution is 5.67. The zero-order chi connectivity index (χ0) is 11.4. The van der Waals surface area contributed by atoms with E-state index in [2.05, 4.69) is 12.1 Å². The van der Waals surface area contributed by atoms with Gasteiger partial charge in [-0.1, -0.05) is 36.4 Å². The second kappa shape index (κ2) is 4.81. The van der Waals surface area contributed by atoms with Crippen LogP contribution in [-0.4, -0.2) is 11.7 Å². The van der Waals surface area contributed by atoms with Crippen LogP contribution >= 0.6 is 0 Å². The minimum Gasteiger partial charge on any atom is -0.508 e. The first-order valence-corrected chi connectivity index (χ1v) is 5.38. The zero-order valence-electron chi connectivity index (χ0n) is 9.06. The van der Waals surface area contributed by atoms with Gasteiger partial charge in [0.25, 0.3) is 0 Å². The summed E-state index contributed by atoms with van der Waals surface area (Å²) in [6.07, 6.45) is 0.872. The topological polar surface area (TPSA) is 46.2 Å². The van der Waals surface area contributed by atoms with Gasteiger partial charge in [-0.25, -0.2) is 0 Å². The molecule has 0 radical (unpaired) electrons. The molecule has 0 spiro atoms. The van der Waals surface area contributed by atoms with Crippen LogP contribution in [-0.2, 0) is 6.42 Å². The minimum absolute atomic E-state index is 0.292. The van der Waals surface area contributed by atoms with Crippen molar-refractivity contribution in [3.05, 3.63) is 54.1 Å². The summed E-state index contributed by atoms with van der Waals surface area (Å²) in [6.45, 7) is 0.648. The zero-order valence-corrected chi connectivity index (χ0v) is 9.06. The van der Waals surface area contributed by atoms with Crippen LogP contribution in [0.1, 0.15) is 5.56 Å². The maximum Gasteiger partial charge on any atom is 0.115 e. The number of hydrogen-bond donors (Lipinski definition) is 2. The molecule has 0 bridgehead atoms. The van der Waals surface area contributed by atoms with Crippen molar-refractivity contribution in [2.75, 3.05) is 6.54 Å². The summed E-state index contributed by atoms with van der Waals surface area (Å²) in [4.78, 5) is 0. The molecular formula is C14H15NO. The van der Waals surface area contributed by atoms with Crippen LogP contribution < -0.4 is 5.73 Å². The van der Waals surface area contributed by atoms with Crippen molar-refractivity contribution in [2.45, 2.75) is 6.42 Å². The molecule has 2 rings (SSSR count). The SMILES string of the molecule is NCCc1ccccc1-c1ccc(O)cc1. The number of hydrogen-bond acceptors (Lipinski definition) is 2. The first kappa shape index (κ1) is 10.7. The average Bonchev–Trinajstić information content (AvgIpc) is 2.32. The van der Waals surface area contributed by atoms with E-state index in [0.717, 1.165) is 12.0 Å². The van der Waals surface area contributed by atoms with Crippen molar-refractivity contribution in [3.8, 4) is 16.9 Å². The van der Waals surface area contributed by atoms with E-state index in [-0.39, 0.29) is 0 Å². The second-order valence-corrected chi connectivity index (χ2v) is 3.74. The lowest BCUT2D eigenvalue weighted by Crippen LogP contribution is -2.03. The molecule has 0 unspecified atom stereocenters. The van der Waals surface area contributed by atoms with Crippen molar-refractivity contribution in [1.82, 2.24) is 0 Å². The fourth-order valence-corrected chi connectivity index (χ4v) is 1.82. The lowest BCUT2D eigenvalue weighted by atomic mass is 9.98. The Hall–Kier alpha value is -1.80. The largest absolute Gasteiger partial charge is 0.508 e. The summed E-state index contributed by atoms with van der Waals surface area (Å²) in [6, 6.07) is 15.5. The summed E-state index contributed by atoms with van der Waals surface area (Å²) in [5, 5.41) is 9.26. The lowest BCUT2D eigenvalue weighted by molar-refractivity contribution is 0.475. The van der Waals surface area contributed by atoms with Crippen LogP contribution in [0.4, 0.5) is 0 Å². The Bertz CT molecular complexity index is 462. The summed E-state index contributed by atoms with van der Waals surface area (Å²) < 4.78 is 0. The molecule has 0 fully saturated rings. The Morgan fingerprint density at radius 2 is 1.62 bits per heavy atom. The third-order valence-electron chi connectivity index (χ3n) is 2.61. The van der Waals surface area contributed by atoms with Gasteiger partial charge in [-0.3, -0.25) is 0 Å². The van der Waals surface area contributed by atoms with Crippen LogP contribution in [0.15, 0.2) is 48.5 Å². The van der Waals surface area contributed by atoms with Gasteiger partial charge in [-0.2, -0.15) is 0 Å². The smallest absolute Gasteiger partial charge is 0.115 e. The van der Waals surface area contributed by atoms with Gasteiger partial charge in [0.15, 0.2) is 0 Å². The van der Waals surface area contributed by atoms with Crippen molar-refractivity contribution in [1.29, 1.82) is 0 Å². The molecule has 0 atom stereocenters. The van der Waals surface area contributed by atoms with Gasteiger partial charge in [0.2, 0.25) is 0 Å².